The third-order valence-electron chi connectivity index (χ3n) is 4.76. The fraction of sp³-hybridized carbons (Fsp3) is 0.471. The Balaban J connectivity index is 1.91. The van der Waals surface area contributed by atoms with Gasteiger partial charge in [-0.2, -0.15) is 0 Å². The number of hydrogen-bond acceptors (Lipinski definition) is 3. The van der Waals surface area contributed by atoms with E-state index in [1.807, 2.05) is 19.2 Å². The van der Waals surface area contributed by atoms with E-state index in [1.54, 1.807) is 6.07 Å². The third-order valence-corrected chi connectivity index (χ3v) is 4.76. The van der Waals surface area contributed by atoms with Gasteiger partial charge in [-0.3, -0.25) is 0 Å². The first kappa shape index (κ1) is 15.1. The number of fused-ring (bicyclic) bond motifs is 1. The van der Waals surface area contributed by atoms with Gasteiger partial charge in [-0.25, -0.2) is 4.79 Å². The minimum atomic E-state index is -0.864. The molecule has 0 unspecified atom stereocenters. The highest BCUT2D eigenvalue weighted by molar-refractivity contribution is 5.95. The predicted octanol–water partition coefficient (Wildman–Crippen LogP) is 1.63. The Kier molecular flexibility index (Phi) is 4.18. The summed E-state index contributed by atoms with van der Waals surface area (Å²) in [6, 6.07) is 5.42. The highest BCUT2D eigenvalue weighted by atomic mass is 16.4. The number of piperazine rings is 1. The molecule has 5 heteroatoms. The summed E-state index contributed by atoms with van der Waals surface area (Å²) in [5.74, 6) is -0.864. The quantitative estimate of drug-likeness (QED) is 0.901. The van der Waals surface area contributed by atoms with Crippen molar-refractivity contribution in [3.63, 3.8) is 0 Å². The number of rotatable bonds is 4. The maximum Gasteiger partial charge on any atom is 0.335 e. The summed E-state index contributed by atoms with van der Waals surface area (Å²) in [5, 5.41) is 13.7. The van der Waals surface area contributed by atoms with Crippen molar-refractivity contribution < 1.29 is 9.90 Å². The number of benzene rings is 1. The summed E-state index contributed by atoms with van der Waals surface area (Å²) >= 11 is 0. The number of carboxylic acids is 1. The minimum absolute atomic E-state index is 0.363. The van der Waals surface area contributed by atoms with Crippen molar-refractivity contribution in [3.8, 4) is 0 Å². The lowest BCUT2D eigenvalue weighted by molar-refractivity contribution is 0.0697. The summed E-state index contributed by atoms with van der Waals surface area (Å²) in [5.41, 5.74) is 3.98. The normalized spacial score (nSPS) is 16.3. The van der Waals surface area contributed by atoms with Crippen molar-refractivity contribution in [1.29, 1.82) is 0 Å². The number of hydrogen-bond donors (Lipinski definition) is 2. The van der Waals surface area contributed by atoms with Gasteiger partial charge in [-0.05, 0) is 37.1 Å². The fourth-order valence-electron chi connectivity index (χ4n) is 3.30. The van der Waals surface area contributed by atoms with Crippen LogP contribution in [-0.4, -0.2) is 53.3 Å². The van der Waals surface area contributed by atoms with Gasteiger partial charge in [0.1, 0.15) is 0 Å². The number of aromatic carboxylic acids is 1. The Hall–Kier alpha value is -1.85. The van der Waals surface area contributed by atoms with E-state index >= 15 is 0 Å². The number of carboxylic acid groups (broad SMARTS) is 1. The van der Waals surface area contributed by atoms with E-state index in [2.05, 4.69) is 21.7 Å². The van der Waals surface area contributed by atoms with Gasteiger partial charge in [0.15, 0.2) is 0 Å². The van der Waals surface area contributed by atoms with E-state index in [1.165, 1.54) is 11.3 Å². The van der Waals surface area contributed by atoms with Crippen molar-refractivity contribution in [2.24, 2.45) is 7.05 Å². The number of aromatic nitrogens is 1. The Morgan fingerprint density at radius 3 is 2.73 bits per heavy atom. The second-order valence-corrected chi connectivity index (χ2v) is 6.00. The Bertz CT molecular complexity index is 699. The molecule has 0 spiro atoms. The molecule has 5 nitrogen and oxygen atoms in total. The first-order valence-electron chi connectivity index (χ1n) is 7.82. The summed E-state index contributed by atoms with van der Waals surface area (Å²) in [4.78, 5) is 13.7. The van der Waals surface area contributed by atoms with Crippen molar-refractivity contribution >= 4 is 16.9 Å². The monoisotopic (exact) mass is 301 g/mol. The average molecular weight is 301 g/mol. The molecule has 1 aromatic carbocycles. The molecule has 22 heavy (non-hydrogen) atoms. The summed E-state index contributed by atoms with van der Waals surface area (Å²) in [6.07, 6.45) is 0.965. The van der Waals surface area contributed by atoms with Gasteiger partial charge < -0.3 is 19.9 Å². The van der Waals surface area contributed by atoms with Gasteiger partial charge in [0, 0.05) is 56.4 Å². The Morgan fingerprint density at radius 1 is 1.32 bits per heavy atom. The summed E-state index contributed by atoms with van der Waals surface area (Å²) in [6.45, 7) is 7.43. The molecule has 118 valence electrons. The lowest BCUT2D eigenvalue weighted by atomic mass is 10.0. The average Bonchev–Trinajstić information content (AvgIpc) is 2.77. The van der Waals surface area contributed by atoms with Crippen LogP contribution in [0.1, 0.15) is 21.6 Å². The molecule has 1 aliphatic rings. The van der Waals surface area contributed by atoms with E-state index in [-0.39, 0.29) is 0 Å². The van der Waals surface area contributed by atoms with E-state index in [0.717, 1.165) is 50.0 Å². The molecule has 0 bridgehead atoms. The number of nitrogens with zero attached hydrogens (tertiary/aromatic N) is 2. The van der Waals surface area contributed by atoms with Crippen LogP contribution in [0.5, 0.6) is 0 Å². The van der Waals surface area contributed by atoms with Crippen molar-refractivity contribution in [2.45, 2.75) is 13.3 Å². The molecular formula is C17H23N3O2. The van der Waals surface area contributed by atoms with E-state index < -0.39 is 5.97 Å². The molecule has 2 N–H and O–H groups in total. The van der Waals surface area contributed by atoms with Crippen LogP contribution >= 0.6 is 0 Å². The smallest absolute Gasteiger partial charge is 0.335 e. The molecule has 0 aliphatic carbocycles. The highest BCUT2D eigenvalue weighted by Crippen LogP contribution is 2.26. The molecule has 2 aromatic rings. The van der Waals surface area contributed by atoms with E-state index in [4.69, 9.17) is 0 Å². The molecule has 0 radical (unpaired) electrons. The van der Waals surface area contributed by atoms with Crippen LogP contribution in [0, 0.1) is 6.92 Å². The zero-order chi connectivity index (χ0) is 15.7. The standard InChI is InChI=1S/C17H23N3O2/c1-12-14(5-8-20-9-6-18-7-10-20)15-11-13(17(21)22)3-4-16(15)19(12)2/h3-4,11,18H,5-10H2,1-2H3,(H,21,22). The second-order valence-electron chi connectivity index (χ2n) is 6.00. The van der Waals surface area contributed by atoms with Crippen LogP contribution in [0.2, 0.25) is 0 Å². The van der Waals surface area contributed by atoms with Gasteiger partial charge in [0.05, 0.1) is 5.56 Å². The summed E-state index contributed by atoms with van der Waals surface area (Å²) < 4.78 is 2.16. The fourth-order valence-corrected chi connectivity index (χ4v) is 3.30. The molecule has 0 saturated carbocycles. The number of nitrogens with one attached hydrogen (secondary N) is 1. The highest BCUT2D eigenvalue weighted by Gasteiger charge is 2.16. The molecule has 1 saturated heterocycles. The van der Waals surface area contributed by atoms with E-state index in [9.17, 15) is 9.90 Å². The van der Waals surface area contributed by atoms with Gasteiger partial charge in [-0.15, -0.1) is 0 Å². The molecule has 0 atom stereocenters. The Labute approximate surface area is 130 Å². The zero-order valence-electron chi connectivity index (χ0n) is 13.2. The van der Waals surface area contributed by atoms with E-state index in [0.29, 0.717) is 5.56 Å². The number of aryl methyl sites for hydroxylation is 1. The molecule has 3 rings (SSSR count). The molecule has 1 aromatic heterocycles. The van der Waals surface area contributed by atoms with Crippen molar-refractivity contribution in [2.75, 3.05) is 32.7 Å². The lowest BCUT2D eigenvalue weighted by Crippen LogP contribution is -2.44. The largest absolute Gasteiger partial charge is 0.478 e. The van der Waals surface area contributed by atoms with Crippen LogP contribution in [0.3, 0.4) is 0 Å². The third kappa shape index (κ3) is 2.74. The minimum Gasteiger partial charge on any atom is -0.478 e. The van der Waals surface area contributed by atoms with Crippen LogP contribution in [-0.2, 0) is 13.5 Å². The molecular weight excluding hydrogens is 278 g/mol. The first-order valence-corrected chi connectivity index (χ1v) is 7.82. The molecule has 0 amide bonds. The maximum atomic E-state index is 11.2. The molecule has 2 heterocycles. The van der Waals surface area contributed by atoms with Crippen LogP contribution < -0.4 is 5.32 Å². The first-order chi connectivity index (χ1) is 10.6. The van der Waals surface area contributed by atoms with Crippen LogP contribution in [0.25, 0.3) is 10.9 Å². The van der Waals surface area contributed by atoms with Crippen molar-refractivity contribution in [3.05, 3.63) is 35.0 Å². The maximum absolute atomic E-state index is 11.2. The van der Waals surface area contributed by atoms with Crippen LogP contribution in [0.4, 0.5) is 0 Å². The van der Waals surface area contributed by atoms with Gasteiger partial charge >= 0.3 is 5.97 Å². The lowest BCUT2D eigenvalue weighted by Gasteiger charge is -2.27. The molecule has 1 fully saturated rings. The topological polar surface area (TPSA) is 57.5 Å². The number of carbonyl (C=O) groups is 1. The second kappa shape index (κ2) is 6.10. The SMILES string of the molecule is Cc1c(CCN2CCNCC2)c2cc(C(=O)O)ccc2n1C. The molecule has 1 aliphatic heterocycles. The zero-order valence-corrected chi connectivity index (χ0v) is 13.2. The predicted molar refractivity (Wildman–Crippen MR) is 87.6 cm³/mol. The Morgan fingerprint density at radius 2 is 2.05 bits per heavy atom. The van der Waals surface area contributed by atoms with Gasteiger partial charge in [0.2, 0.25) is 0 Å². The van der Waals surface area contributed by atoms with Crippen molar-refractivity contribution in [1.82, 2.24) is 14.8 Å². The van der Waals surface area contributed by atoms with Gasteiger partial charge in [0.25, 0.3) is 0 Å². The van der Waals surface area contributed by atoms with Crippen LogP contribution in [0.15, 0.2) is 18.2 Å². The van der Waals surface area contributed by atoms with Gasteiger partial charge in [-0.1, -0.05) is 0 Å². The summed E-state index contributed by atoms with van der Waals surface area (Å²) in [7, 11) is 2.05.